The molecule has 1 fully saturated rings. The van der Waals surface area contributed by atoms with Crippen LogP contribution < -0.4 is 14.3 Å². The van der Waals surface area contributed by atoms with Crippen LogP contribution in [-0.2, 0) is 23.7 Å². The first-order valence-electron chi connectivity index (χ1n) is 10.5. The predicted octanol–water partition coefficient (Wildman–Crippen LogP) is 2.67. The number of urea groups is 1. The molecule has 0 bridgehead atoms. The zero-order chi connectivity index (χ0) is 22.8. The first-order chi connectivity index (χ1) is 14.6. The molecule has 31 heavy (non-hydrogen) atoms. The van der Waals surface area contributed by atoms with E-state index in [4.69, 9.17) is 4.42 Å². The number of likely N-dealkylation sites (tertiary alicyclic amines) is 1. The Hall–Kier alpha value is -2.53. The summed E-state index contributed by atoms with van der Waals surface area (Å²) >= 11 is 0. The maximum Gasteiger partial charge on any atom is 0.334 e. The smallest absolute Gasteiger partial charge is 0.334 e. The Balaban J connectivity index is 1.83. The van der Waals surface area contributed by atoms with Crippen LogP contribution in [0.15, 0.2) is 22.9 Å². The Kier molecular flexibility index (Phi) is 6.95. The Morgan fingerprint density at radius 1 is 1.39 bits per heavy atom. The molecule has 2 N–H and O–H groups in total. The topological polar surface area (TPSA) is 113 Å². The summed E-state index contributed by atoms with van der Waals surface area (Å²) in [6.45, 7) is 7.31. The lowest BCUT2D eigenvalue weighted by atomic mass is 10.1. The highest BCUT2D eigenvalue weighted by Gasteiger charge is 2.35. The van der Waals surface area contributed by atoms with Crippen molar-refractivity contribution in [3.05, 3.63) is 30.0 Å². The zero-order valence-corrected chi connectivity index (χ0v) is 19.6. The summed E-state index contributed by atoms with van der Waals surface area (Å²) in [6, 6.07) is 0.597. The molecule has 0 saturated carbocycles. The second-order valence-corrected chi connectivity index (χ2v) is 9.83. The molecule has 2 amide bonds. The number of rotatable bonds is 7. The van der Waals surface area contributed by atoms with Crippen molar-refractivity contribution in [1.82, 2.24) is 19.4 Å². The van der Waals surface area contributed by atoms with Gasteiger partial charge in [-0.15, -0.1) is 0 Å². The summed E-state index contributed by atoms with van der Waals surface area (Å²) < 4.78 is 37.3. The van der Waals surface area contributed by atoms with Crippen LogP contribution in [-0.4, -0.2) is 55.3 Å². The van der Waals surface area contributed by atoms with E-state index in [0.29, 0.717) is 36.5 Å². The number of likely N-dealkylation sites (N-methyl/N-ethyl adjacent to an activating group) is 1. The highest BCUT2D eigenvalue weighted by atomic mass is 32.2. The number of furan rings is 1. The molecular formula is C20H32N6O4S. The van der Waals surface area contributed by atoms with E-state index in [1.54, 1.807) is 19.3 Å². The van der Waals surface area contributed by atoms with E-state index < -0.39 is 16.2 Å². The van der Waals surface area contributed by atoms with Gasteiger partial charge in [-0.25, -0.2) is 13.8 Å². The Labute approximate surface area is 183 Å². The molecule has 0 aromatic carbocycles. The van der Waals surface area contributed by atoms with Gasteiger partial charge in [-0.2, -0.15) is 13.5 Å². The minimum atomic E-state index is -4.18. The molecule has 1 unspecified atom stereocenters. The summed E-state index contributed by atoms with van der Waals surface area (Å²) in [5.41, 5.74) is 0.896. The SMILES string of the molecule is CCc1cc(NC(=O)NS(=O)(=O)N(c2cnn(C)c2)C2CCCN(C)C2)c(C(C)C)o1. The molecular weight excluding hydrogens is 420 g/mol. The molecule has 2 aromatic heterocycles. The lowest BCUT2D eigenvalue weighted by molar-refractivity contribution is 0.251. The summed E-state index contributed by atoms with van der Waals surface area (Å²) in [4.78, 5) is 14.8. The average Bonchev–Trinajstić information content (AvgIpc) is 3.27. The van der Waals surface area contributed by atoms with Crippen molar-refractivity contribution in [1.29, 1.82) is 0 Å². The highest BCUT2D eigenvalue weighted by molar-refractivity contribution is 7.91. The lowest BCUT2D eigenvalue weighted by Gasteiger charge is -2.37. The molecule has 1 aliphatic rings. The number of hydrogen-bond acceptors (Lipinski definition) is 6. The van der Waals surface area contributed by atoms with Crippen molar-refractivity contribution in [3.8, 4) is 0 Å². The van der Waals surface area contributed by atoms with Crippen LogP contribution >= 0.6 is 0 Å². The number of amides is 2. The number of nitrogens with zero attached hydrogens (tertiary/aromatic N) is 4. The maximum absolute atomic E-state index is 13.3. The number of aryl methyl sites for hydroxylation is 2. The molecule has 2 aromatic rings. The van der Waals surface area contributed by atoms with Gasteiger partial charge in [-0.1, -0.05) is 20.8 Å². The van der Waals surface area contributed by atoms with Crippen LogP contribution in [0.2, 0.25) is 0 Å². The van der Waals surface area contributed by atoms with Gasteiger partial charge in [-0.3, -0.25) is 4.68 Å². The van der Waals surface area contributed by atoms with E-state index in [1.165, 1.54) is 15.2 Å². The van der Waals surface area contributed by atoms with Gasteiger partial charge in [0.25, 0.3) is 0 Å². The normalized spacial score (nSPS) is 17.7. The highest BCUT2D eigenvalue weighted by Crippen LogP contribution is 2.29. The molecule has 3 rings (SSSR count). The summed E-state index contributed by atoms with van der Waals surface area (Å²) in [6.07, 6.45) is 5.36. The molecule has 172 valence electrons. The first-order valence-corrected chi connectivity index (χ1v) is 12.0. The molecule has 0 spiro atoms. The number of nitrogens with one attached hydrogen (secondary N) is 2. The van der Waals surface area contributed by atoms with Crippen LogP contribution in [0.4, 0.5) is 16.2 Å². The number of anilines is 2. The fraction of sp³-hybridized carbons (Fsp3) is 0.600. The van der Waals surface area contributed by atoms with Gasteiger partial charge in [0.15, 0.2) is 0 Å². The largest absolute Gasteiger partial charge is 0.464 e. The molecule has 10 nitrogen and oxygen atoms in total. The van der Waals surface area contributed by atoms with Gasteiger partial charge < -0.3 is 14.6 Å². The van der Waals surface area contributed by atoms with Crippen molar-refractivity contribution in [2.45, 2.75) is 52.0 Å². The first kappa shape index (κ1) is 23.1. The minimum Gasteiger partial charge on any atom is -0.464 e. The Morgan fingerprint density at radius 3 is 2.71 bits per heavy atom. The number of piperidine rings is 1. The quantitative estimate of drug-likeness (QED) is 0.668. The fourth-order valence-corrected chi connectivity index (χ4v) is 5.19. The summed E-state index contributed by atoms with van der Waals surface area (Å²) in [7, 11) is -0.498. The standard InChI is InChI=1S/C20H32N6O4S/c1-6-17-10-18(19(30-17)14(2)3)22-20(27)23-31(28,29)26(16-11-21-25(5)13-16)15-8-7-9-24(4)12-15/h10-11,13-15H,6-9,12H2,1-5H3,(H2,22,23,27). The van der Waals surface area contributed by atoms with Crippen molar-refractivity contribution in [2.24, 2.45) is 7.05 Å². The second-order valence-electron chi connectivity index (χ2n) is 8.29. The van der Waals surface area contributed by atoms with Crippen LogP contribution in [0.3, 0.4) is 0 Å². The van der Waals surface area contributed by atoms with Gasteiger partial charge >= 0.3 is 16.2 Å². The van der Waals surface area contributed by atoms with Gasteiger partial charge in [0.2, 0.25) is 0 Å². The van der Waals surface area contributed by atoms with Crippen molar-refractivity contribution in [3.63, 3.8) is 0 Å². The number of carbonyl (C=O) groups is 1. The van der Waals surface area contributed by atoms with Crippen LogP contribution in [0.5, 0.6) is 0 Å². The van der Waals surface area contributed by atoms with E-state index >= 15 is 0 Å². The fourth-order valence-electron chi connectivity index (χ4n) is 3.87. The van der Waals surface area contributed by atoms with Gasteiger partial charge in [-0.05, 0) is 26.4 Å². The van der Waals surface area contributed by atoms with E-state index in [-0.39, 0.29) is 12.0 Å². The number of carbonyl (C=O) groups excluding carboxylic acids is 1. The predicted molar refractivity (Wildman–Crippen MR) is 119 cm³/mol. The van der Waals surface area contributed by atoms with E-state index in [1.807, 2.05) is 27.8 Å². The number of aromatic nitrogens is 2. The van der Waals surface area contributed by atoms with Gasteiger partial charge in [0.1, 0.15) is 11.5 Å². The maximum atomic E-state index is 13.3. The monoisotopic (exact) mass is 452 g/mol. The minimum absolute atomic E-state index is 0.0388. The second kappa shape index (κ2) is 9.31. The molecule has 11 heteroatoms. The molecule has 1 atom stereocenters. The Bertz CT molecular complexity index is 1010. The third-order valence-corrected chi connectivity index (χ3v) is 6.76. The molecule has 0 aliphatic carbocycles. The zero-order valence-electron chi connectivity index (χ0n) is 18.8. The lowest BCUT2D eigenvalue weighted by Crippen LogP contribution is -2.54. The summed E-state index contributed by atoms with van der Waals surface area (Å²) in [5.74, 6) is 1.38. The molecule has 1 saturated heterocycles. The summed E-state index contributed by atoms with van der Waals surface area (Å²) in [5, 5.41) is 6.76. The third-order valence-electron chi connectivity index (χ3n) is 5.29. The van der Waals surface area contributed by atoms with Crippen LogP contribution in [0, 0.1) is 0 Å². The van der Waals surface area contributed by atoms with Crippen molar-refractivity contribution in [2.75, 3.05) is 29.8 Å². The van der Waals surface area contributed by atoms with Crippen LogP contribution in [0.25, 0.3) is 0 Å². The van der Waals surface area contributed by atoms with Gasteiger partial charge in [0.05, 0.1) is 23.6 Å². The molecule has 0 radical (unpaired) electrons. The van der Waals surface area contributed by atoms with Crippen molar-refractivity contribution >= 4 is 27.6 Å². The third kappa shape index (κ3) is 5.40. The number of hydrogen-bond donors (Lipinski definition) is 2. The van der Waals surface area contributed by atoms with Crippen LogP contribution in [0.1, 0.15) is 51.1 Å². The van der Waals surface area contributed by atoms with Crippen molar-refractivity contribution < 1.29 is 17.6 Å². The van der Waals surface area contributed by atoms with E-state index in [0.717, 1.165) is 18.7 Å². The Morgan fingerprint density at radius 2 is 2.13 bits per heavy atom. The molecule has 1 aliphatic heterocycles. The molecule has 3 heterocycles. The average molecular weight is 453 g/mol. The van der Waals surface area contributed by atoms with E-state index in [2.05, 4.69) is 20.0 Å². The van der Waals surface area contributed by atoms with Gasteiger partial charge in [0, 0.05) is 38.2 Å². The van der Waals surface area contributed by atoms with E-state index in [9.17, 15) is 13.2 Å².